The van der Waals surface area contributed by atoms with Crippen molar-refractivity contribution in [3.8, 4) is 0 Å². The summed E-state index contributed by atoms with van der Waals surface area (Å²) in [5.74, 6) is 0. The van der Waals surface area contributed by atoms with Crippen molar-refractivity contribution in [1.82, 2.24) is 0 Å². The molecule has 14 heavy (non-hydrogen) atoms. The second kappa shape index (κ2) is 7.24. The normalized spacial score (nSPS) is 33.0. The molecule has 1 saturated carbocycles. The summed E-state index contributed by atoms with van der Waals surface area (Å²) < 4.78 is 0. The summed E-state index contributed by atoms with van der Waals surface area (Å²) in [6, 6.07) is 0.922. The van der Waals surface area contributed by atoms with Crippen LogP contribution in [0, 0.1) is 0 Å². The molecule has 2 heteroatoms. The molecule has 2 nitrogen and oxygen atoms in total. The van der Waals surface area contributed by atoms with Crippen molar-refractivity contribution in [3.63, 3.8) is 0 Å². The van der Waals surface area contributed by atoms with Crippen LogP contribution in [0.4, 0.5) is 0 Å². The van der Waals surface area contributed by atoms with E-state index in [0.29, 0.717) is 12.1 Å². The minimum atomic E-state index is 0.461. The highest BCUT2D eigenvalue weighted by Gasteiger charge is 2.06. The van der Waals surface area contributed by atoms with E-state index in [-0.39, 0.29) is 0 Å². The van der Waals surface area contributed by atoms with E-state index in [9.17, 15) is 0 Å². The lowest BCUT2D eigenvalue weighted by molar-refractivity contribution is 0.441. The molecule has 0 aromatic rings. The van der Waals surface area contributed by atoms with Crippen molar-refractivity contribution in [1.29, 1.82) is 0 Å². The van der Waals surface area contributed by atoms with E-state index in [1.165, 1.54) is 64.2 Å². The molecule has 0 amide bonds. The van der Waals surface area contributed by atoms with Crippen molar-refractivity contribution < 1.29 is 0 Å². The molecule has 1 aliphatic rings. The molecule has 1 rings (SSSR count). The Morgan fingerprint density at radius 2 is 0.786 bits per heavy atom. The first-order chi connectivity index (χ1) is 6.79. The first-order valence-corrected chi connectivity index (χ1v) is 6.30. The van der Waals surface area contributed by atoms with Crippen LogP contribution in [-0.2, 0) is 0 Å². The molecular weight excluding hydrogens is 172 g/mol. The average Bonchev–Trinajstić information content (AvgIpc) is 2.14. The highest BCUT2D eigenvalue weighted by atomic mass is 14.6. The fraction of sp³-hybridized carbons (Fsp3) is 1.00. The van der Waals surface area contributed by atoms with Gasteiger partial charge in [0.2, 0.25) is 0 Å². The maximum atomic E-state index is 6.02. The van der Waals surface area contributed by atoms with Crippen LogP contribution in [-0.4, -0.2) is 12.1 Å². The number of hydrogen-bond donors (Lipinski definition) is 2. The highest BCUT2D eigenvalue weighted by molar-refractivity contribution is 4.66. The number of nitrogens with two attached hydrogens (primary N) is 2. The second-order valence-corrected chi connectivity index (χ2v) is 4.80. The van der Waals surface area contributed by atoms with Gasteiger partial charge < -0.3 is 11.5 Å². The topological polar surface area (TPSA) is 52.0 Å². The first kappa shape index (κ1) is 12.0. The summed E-state index contributed by atoms with van der Waals surface area (Å²) >= 11 is 0. The van der Waals surface area contributed by atoms with Crippen LogP contribution in [0.15, 0.2) is 0 Å². The molecule has 0 aromatic carbocycles. The third kappa shape index (κ3) is 5.61. The van der Waals surface area contributed by atoms with Gasteiger partial charge in [0.05, 0.1) is 0 Å². The van der Waals surface area contributed by atoms with E-state index < -0.39 is 0 Å². The van der Waals surface area contributed by atoms with Gasteiger partial charge in [0, 0.05) is 12.1 Å². The molecule has 4 N–H and O–H groups in total. The van der Waals surface area contributed by atoms with Gasteiger partial charge in [0.1, 0.15) is 0 Å². The van der Waals surface area contributed by atoms with Gasteiger partial charge in [-0.2, -0.15) is 0 Å². The standard InChI is InChI=1S/C12H26N2/c13-11-7-3-1-4-8-12(14)10-6-2-5-9-11/h11-12H,1-10,13-14H2. The maximum Gasteiger partial charge on any atom is 0.00388 e. The summed E-state index contributed by atoms with van der Waals surface area (Å²) in [7, 11) is 0. The molecule has 0 spiro atoms. The van der Waals surface area contributed by atoms with Gasteiger partial charge in [0.25, 0.3) is 0 Å². The Labute approximate surface area is 88.4 Å². The van der Waals surface area contributed by atoms with Gasteiger partial charge in [-0.05, 0) is 25.7 Å². The minimum absolute atomic E-state index is 0.461. The van der Waals surface area contributed by atoms with Gasteiger partial charge in [0.15, 0.2) is 0 Å². The van der Waals surface area contributed by atoms with E-state index in [0.717, 1.165) is 0 Å². The lowest BCUT2D eigenvalue weighted by Gasteiger charge is -2.15. The van der Waals surface area contributed by atoms with Crippen LogP contribution < -0.4 is 11.5 Å². The van der Waals surface area contributed by atoms with Gasteiger partial charge in [-0.15, -0.1) is 0 Å². The Hall–Kier alpha value is -0.0800. The van der Waals surface area contributed by atoms with Gasteiger partial charge >= 0.3 is 0 Å². The zero-order valence-electron chi connectivity index (χ0n) is 9.38. The summed E-state index contributed by atoms with van der Waals surface area (Å²) in [5, 5.41) is 0. The highest BCUT2D eigenvalue weighted by Crippen LogP contribution is 2.15. The fourth-order valence-electron chi connectivity index (χ4n) is 2.27. The fourth-order valence-corrected chi connectivity index (χ4v) is 2.27. The van der Waals surface area contributed by atoms with E-state index in [4.69, 9.17) is 11.5 Å². The Balaban J connectivity index is 2.19. The number of rotatable bonds is 0. The quantitative estimate of drug-likeness (QED) is 0.628. The summed E-state index contributed by atoms with van der Waals surface area (Å²) in [5.41, 5.74) is 12.0. The third-order valence-electron chi connectivity index (χ3n) is 3.30. The maximum absolute atomic E-state index is 6.02. The van der Waals surface area contributed by atoms with Crippen LogP contribution in [0.2, 0.25) is 0 Å². The van der Waals surface area contributed by atoms with Gasteiger partial charge in [-0.25, -0.2) is 0 Å². The Bertz CT molecular complexity index is 108. The lowest BCUT2D eigenvalue weighted by Crippen LogP contribution is -2.22. The zero-order valence-corrected chi connectivity index (χ0v) is 9.38. The lowest BCUT2D eigenvalue weighted by atomic mass is 9.97. The molecule has 0 radical (unpaired) electrons. The number of hydrogen-bond acceptors (Lipinski definition) is 2. The minimum Gasteiger partial charge on any atom is -0.328 e. The SMILES string of the molecule is NC1CCCCCC(N)CCCCC1. The van der Waals surface area contributed by atoms with Gasteiger partial charge in [-0.3, -0.25) is 0 Å². The summed E-state index contributed by atoms with van der Waals surface area (Å²) in [4.78, 5) is 0. The Morgan fingerprint density at radius 3 is 1.07 bits per heavy atom. The van der Waals surface area contributed by atoms with Crippen LogP contribution >= 0.6 is 0 Å². The predicted molar refractivity (Wildman–Crippen MR) is 62.1 cm³/mol. The molecule has 0 saturated heterocycles. The molecule has 1 aliphatic carbocycles. The van der Waals surface area contributed by atoms with Crippen molar-refractivity contribution >= 4 is 0 Å². The predicted octanol–water partition coefficient (Wildman–Crippen LogP) is 2.56. The average molecular weight is 198 g/mol. The molecule has 0 aliphatic heterocycles. The largest absolute Gasteiger partial charge is 0.328 e. The molecule has 84 valence electrons. The Morgan fingerprint density at radius 1 is 0.500 bits per heavy atom. The first-order valence-electron chi connectivity index (χ1n) is 6.30. The van der Waals surface area contributed by atoms with Crippen molar-refractivity contribution in [2.24, 2.45) is 11.5 Å². The van der Waals surface area contributed by atoms with E-state index >= 15 is 0 Å². The monoisotopic (exact) mass is 198 g/mol. The smallest absolute Gasteiger partial charge is 0.00388 e. The molecule has 0 aromatic heterocycles. The molecule has 1 fully saturated rings. The molecule has 0 unspecified atom stereocenters. The Kier molecular flexibility index (Phi) is 6.20. The zero-order chi connectivity index (χ0) is 10.2. The molecule has 0 atom stereocenters. The van der Waals surface area contributed by atoms with Crippen LogP contribution in [0.5, 0.6) is 0 Å². The molecular formula is C12H26N2. The van der Waals surface area contributed by atoms with Crippen molar-refractivity contribution in [3.05, 3.63) is 0 Å². The van der Waals surface area contributed by atoms with Crippen molar-refractivity contribution in [2.75, 3.05) is 0 Å². The van der Waals surface area contributed by atoms with E-state index in [1.807, 2.05) is 0 Å². The van der Waals surface area contributed by atoms with Crippen LogP contribution in [0.1, 0.15) is 64.2 Å². The van der Waals surface area contributed by atoms with E-state index in [2.05, 4.69) is 0 Å². The van der Waals surface area contributed by atoms with E-state index in [1.54, 1.807) is 0 Å². The molecule has 0 heterocycles. The van der Waals surface area contributed by atoms with Crippen molar-refractivity contribution in [2.45, 2.75) is 76.3 Å². The van der Waals surface area contributed by atoms with Crippen LogP contribution in [0.3, 0.4) is 0 Å². The van der Waals surface area contributed by atoms with Gasteiger partial charge in [-0.1, -0.05) is 38.5 Å². The summed E-state index contributed by atoms with van der Waals surface area (Å²) in [6.45, 7) is 0. The molecule has 0 bridgehead atoms. The second-order valence-electron chi connectivity index (χ2n) is 4.80. The third-order valence-corrected chi connectivity index (χ3v) is 3.30. The van der Waals surface area contributed by atoms with Crippen LogP contribution in [0.25, 0.3) is 0 Å². The summed E-state index contributed by atoms with van der Waals surface area (Å²) in [6.07, 6.45) is 12.7.